The molecule has 1 aromatic rings. The number of nitrogens with zero attached hydrogens (tertiary/aromatic N) is 1. The predicted octanol–water partition coefficient (Wildman–Crippen LogP) is 2.03. The molecular weight excluding hydrogens is 421 g/mol. The van der Waals surface area contributed by atoms with Crippen LogP contribution in [0.1, 0.15) is 12.0 Å². The van der Waals surface area contributed by atoms with Crippen LogP contribution in [-0.2, 0) is 20.9 Å². The van der Waals surface area contributed by atoms with E-state index in [1.165, 1.54) is 23.1 Å². The average molecular weight is 437 g/mol. The van der Waals surface area contributed by atoms with Crippen molar-refractivity contribution in [2.24, 2.45) is 0 Å². The number of ether oxygens (including phenoxy) is 1. The molecule has 1 aliphatic rings. The van der Waals surface area contributed by atoms with Crippen molar-refractivity contribution in [3.05, 3.63) is 40.1 Å². The van der Waals surface area contributed by atoms with Crippen LogP contribution in [0.3, 0.4) is 0 Å². The van der Waals surface area contributed by atoms with Crippen molar-refractivity contribution < 1.29 is 42.5 Å². The molecule has 1 aliphatic heterocycles. The number of aliphatic hydroxyl groups excluding tert-OH is 1. The van der Waals surface area contributed by atoms with Crippen LogP contribution in [0, 0.1) is 0 Å². The quantitative estimate of drug-likeness (QED) is 0.563. The topological polar surface area (TPSA) is 116 Å². The highest BCUT2D eigenvalue weighted by atomic mass is 35.5. The number of carbonyl (C=O) groups is 3. The molecule has 0 aromatic heterocycles. The van der Waals surface area contributed by atoms with Gasteiger partial charge >= 0.3 is 12.1 Å². The van der Waals surface area contributed by atoms with Gasteiger partial charge in [-0.1, -0.05) is 17.7 Å². The molecular formula is C17H16ClF3N2O6. The summed E-state index contributed by atoms with van der Waals surface area (Å²) >= 11 is 5.92. The van der Waals surface area contributed by atoms with E-state index in [9.17, 15) is 32.7 Å². The minimum atomic E-state index is -4.52. The second-order valence-corrected chi connectivity index (χ2v) is 6.45. The Morgan fingerprint density at radius 1 is 1.31 bits per heavy atom. The lowest BCUT2D eigenvalue weighted by molar-refractivity contribution is -0.153. The van der Waals surface area contributed by atoms with Crippen LogP contribution in [0.2, 0.25) is 5.02 Å². The number of hydrogen-bond acceptors (Lipinski definition) is 5. The van der Waals surface area contributed by atoms with Gasteiger partial charge in [0.25, 0.3) is 11.8 Å². The number of carbonyl (C=O) groups excluding carboxylic acids is 2. The van der Waals surface area contributed by atoms with Crippen molar-refractivity contribution in [3.8, 4) is 5.75 Å². The number of nitrogens with one attached hydrogen (secondary N) is 1. The maximum absolute atomic E-state index is 12.5. The first kappa shape index (κ1) is 22.3. The Hall–Kier alpha value is -2.95. The number of rotatable bonds is 7. The summed E-state index contributed by atoms with van der Waals surface area (Å²) < 4.78 is 41.3. The fourth-order valence-electron chi connectivity index (χ4n) is 2.51. The number of alkyl halides is 3. The molecule has 0 fully saturated rings. The summed E-state index contributed by atoms with van der Waals surface area (Å²) in [5.74, 6) is -3.79. The lowest BCUT2D eigenvalue weighted by Gasteiger charge is -2.28. The third kappa shape index (κ3) is 6.28. The smallest absolute Gasteiger partial charge is 0.422 e. The molecule has 158 valence electrons. The summed E-state index contributed by atoms with van der Waals surface area (Å²) in [5, 5.41) is 20.4. The molecule has 0 radical (unpaired) electrons. The minimum Gasteiger partial charge on any atom is -0.511 e. The summed E-state index contributed by atoms with van der Waals surface area (Å²) in [6, 6.07) is 3.96. The second-order valence-electron chi connectivity index (χ2n) is 6.04. The van der Waals surface area contributed by atoms with Crippen molar-refractivity contribution in [1.82, 2.24) is 10.2 Å². The van der Waals surface area contributed by atoms with Crippen LogP contribution >= 0.6 is 11.6 Å². The van der Waals surface area contributed by atoms with Gasteiger partial charge in [0.05, 0.1) is 5.02 Å². The van der Waals surface area contributed by atoms with Crippen molar-refractivity contribution in [2.45, 2.75) is 19.1 Å². The van der Waals surface area contributed by atoms with Gasteiger partial charge in [-0.15, -0.1) is 0 Å². The highest BCUT2D eigenvalue weighted by molar-refractivity contribution is 6.32. The molecule has 1 heterocycles. The highest BCUT2D eigenvalue weighted by Gasteiger charge is 2.32. The molecule has 0 unspecified atom stereocenters. The van der Waals surface area contributed by atoms with Crippen molar-refractivity contribution in [3.63, 3.8) is 0 Å². The van der Waals surface area contributed by atoms with Crippen LogP contribution in [0.4, 0.5) is 13.2 Å². The van der Waals surface area contributed by atoms with E-state index >= 15 is 0 Å². The lowest BCUT2D eigenvalue weighted by atomic mass is 10.0. The van der Waals surface area contributed by atoms with E-state index in [-0.39, 0.29) is 30.3 Å². The van der Waals surface area contributed by atoms with Crippen LogP contribution in [-0.4, -0.2) is 58.8 Å². The molecule has 0 bridgehead atoms. The number of carboxylic acid groups (broad SMARTS) is 1. The molecule has 8 nitrogen and oxygen atoms in total. The Bertz CT molecular complexity index is 856. The van der Waals surface area contributed by atoms with Gasteiger partial charge in [0.1, 0.15) is 23.6 Å². The van der Waals surface area contributed by atoms with Gasteiger partial charge in [0.15, 0.2) is 6.61 Å². The molecule has 0 saturated heterocycles. The molecule has 0 saturated carbocycles. The summed E-state index contributed by atoms with van der Waals surface area (Å²) in [6.45, 7) is -2.20. The Morgan fingerprint density at radius 3 is 2.59 bits per heavy atom. The SMILES string of the molecule is O=C(O)CNC(=O)C1=C(O)CCN(Cc2ccc(OCC(F)(F)F)c(Cl)c2)C1=O. The number of aliphatic hydroxyl groups is 1. The fraction of sp³-hybridized carbons (Fsp3) is 0.353. The van der Waals surface area contributed by atoms with Crippen LogP contribution in [0.25, 0.3) is 0 Å². The van der Waals surface area contributed by atoms with E-state index in [0.29, 0.717) is 5.56 Å². The summed E-state index contributed by atoms with van der Waals surface area (Å²) in [4.78, 5) is 36.3. The van der Waals surface area contributed by atoms with E-state index in [1.807, 2.05) is 5.32 Å². The summed E-state index contributed by atoms with van der Waals surface area (Å²) in [5.41, 5.74) is -0.108. The average Bonchev–Trinajstić information content (AvgIpc) is 2.61. The van der Waals surface area contributed by atoms with Crippen LogP contribution in [0.5, 0.6) is 5.75 Å². The number of aliphatic carboxylic acids is 1. The third-order valence-electron chi connectivity index (χ3n) is 3.80. The van der Waals surface area contributed by atoms with Crippen LogP contribution in [0.15, 0.2) is 29.5 Å². The Morgan fingerprint density at radius 2 is 2.00 bits per heavy atom. The highest BCUT2D eigenvalue weighted by Crippen LogP contribution is 2.29. The molecule has 0 spiro atoms. The van der Waals surface area contributed by atoms with Gasteiger partial charge in [-0.25, -0.2) is 0 Å². The van der Waals surface area contributed by atoms with Gasteiger partial charge in [0.2, 0.25) is 0 Å². The molecule has 3 N–H and O–H groups in total. The maximum Gasteiger partial charge on any atom is 0.422 e. The zero-order chi connectivity index (χ0) is 21.8. The Balaban J connectivity index is 2.08. The van der Waals surface area contributed by atoms with E-state index < -0.39 is 48.4 Å². The third-order valence-corrected chi connectivity index (χ3v) is 4.09. The minimum absolute atomic E-state index is 0.0257. The largest absolute Gasteiger partial charge is 0.511 e. The first-order chi connectivity index (χ1) is 13.5. The van der Waals surface area contributed by atoms with E-state index in [2.05, 4.69) is 4.74 Å². The first-order valence-electron chi connectivity index (χ1n) is 8.17. The molecule has 29 heavy (non-hydrogen) atoms. The zero-order valence-electron chi connectivity index (χ0n) is 14.8. The second kappa shape index (κ2) is 9.03. The van der Waals surface area contributed by atoms with E-state index in [1.54, 1.807) is 0 Å². The van der Waals surface area contributed by atoms with Gasteiger partial charge in [-0.2, -0.15) is 13.2 Å². The molecule has 0 atom stereocenters. The van der Waals surface area contributed by atoms with Gasteiger partial charge in [0, 0.05) is 19.5 Å². The number of hydrogen-bond donors (Lipinski definition) is 3. The van der Waals surface area contributed by atoms with Crippen molar-refractivity contribution >= 4 is 29.4 Å². The number of carboxylic acids is 1. The first-order valence-corrected chi connectivity index (χ1v) is 8.55. The molecule has 12 heteroatoms. The number of amides is 2. The predicted molar refractivity (Wildman–Crippen MR) is 93.3 cm³/mol. The molecule has 1 aromatic carbocycles. The molecule has 2 amide bonds. The maximum atomic E-state index is 12.5. The van der Waals surface area contributed by atoms with Crippen molar-refractivity contribution in [2.75, 3.05) is 19.7 Å². The fourth-order valence-corrected chi connectivity index (χ4v) is 2.77. The Labute approximate surface area is 167 Å². The van der Waals surface area contributed by atoms with Gasteiger partial charge in [-0.05, 0) is 17.7 Å². The monoisotopic (exact) mass is 436 g/mol. The summed E-state index contributed by atoms with van der Waals surface area (Å²) in [6.07, 6.45) is -4.55. The van der Waals surface area contributed by atoms with E-state index in [0.717, 1.165) is 0 Å². The van der Waals surface area contributed by atoms with Crippen molar-refractivity contribution in [1.29, 1.82) is 0 Å². The van der Waals surface area contributed by atoms with Gasteiger partial charge < -0.3 is 25.2 Å². The zero-order valence-corrected chi connectivity index (χ0v) is 15.5. The molecule has 0 aliphatic carbocycles. The van der Waals surface area contributed by atoms with E-state index in [4.69, 9.17) is 16.7 Å². The Kier molecular flexibility index (Phi) is 6.96. The van der Waals surface area contributed by atoms with Gasteiger partial charge in [-0.3, -0.25) is 14.4 Å². The normalized spacial score (nSPS) is 14.8. The molecule has 2 rings (SSSR count). The lowest BCUT2D eigenvalue weighted by Crippen LogP contribution is -2.43. The number of halogens is 4. The summed E-state index contributed by atoms with van der Waals surface area (Å²) in [7, 11) is 0. The standard InChI is InChI=1S/C17H16ClF3N2O6/c18-10-5-9(1-2-12(10)29-8-17(19,20)21)7-23-4-3-11(24)14(16(23)28)15(27)22-6-13(25)26/h1-2,5,24H,3-4,6-8H2,(H,22,27)(H,25,26). The number of benzene rings is 1. The van der Waals surface area contributed by atoms with Crippen LogP contribution < -0.4 is 10.1 Å².